The Morgan fingerprint density at radius 1 is 1.26 bits per heavy atom. The molecule has 1 aromatic carbocycles. The normalized spacial score (nSPS) is 41.6. The average Bonchev–Trinajstić information content (AvgIpc) is 3.51. The Labute approximate surface area is 181 Å². The summed E-state index contributed by atoms with van der Waals surface area (Å²) in [7, 11) is 1.57. The van der Waals surface area contributed by atoms with Gasteiger partial charge in [0.2, 0.25) is 5.91 Å². The Kier molecular flexibility index (Phi) is 3.99. The predicted molar refractivity (Wildman–Crippen MR) is 111 cm³/mol. The molecule has 0 unspecified atom stereocenters. The quantitative estimate of drug-likeness (QED) is 0.722. The van der Waals surface area contributed by atoms with E-state index in [0.717, 1.165) is 12.1 Å². The lowest BCUT2D eigenvalue weighted by atomic mass is 9.46. The van der Waals surface area contributed by atoms with E-state index >= 15 is 4.39 Å². The van der Waals surface area contributed by atoms with Gasteiger partial charge < -0.3 is 15.2 Å². The topological polar surface area (TPSA) is 78.9 Å². The fourth-order valence-corrected chi connectivity index (χ4v) is 7.17. The van der Waals surface area contributed by atoms with E-state index in [1.807, 2.05) is 6.07 Å². The number of ketones is 1. The van der Waals surface area contributed by atoms with Crippen molar-refractivity contribution < 1.29 is 23.8 Å². The molecule has 2 saturated heterocycles. The SMILES string of the molecule is COc1ccc2c(c1)[C@]13CCN(CC4CC4)[C@H]([C@@H]2F)[C@]1(O)CC[C@@]1(C3)NC(=O)CC1=O. The van der Waals surface area contributed by atoms with Crippen molar-refractivity contribution in [2.45, 2.75) is 73.7 Å². The average molecular weight is 429 g/mol. The van der Waals surface area contributed by atoms with Gasteiger partial charge in [-0.3, -0.25) is 14.5 Å². The molecule has 2 heterocycles. The van der Waals surface area contributed by atoms with Crippen molar-refractivity contribution in [1.29, 1.82) is 0 Å². The van der Waals surface area contributed by atoms with Gasteiger partial charge in [-0.25, -0.2) is 4.39 Å². The number of Topliss-reactive ketones (excluding diaryl/α,β-unsaturated/α-hetero) is 1. The number of hydrogen-bond donors (Lipinski definition) is 2. The van der Waals surface area contributed by atoms with Crippen LogP contribution in [0.5, 0.6) is 5.75 Å². The second-order valence-electron chi connectivity index (χ2n) is 10.4. The first kappa shape index (κ1) is 19.7. The molecule has 2 N–H and O–H groups in total. The third kappa shape index (κ3) is 2.50. The van der Waals surface area contributed by atoms with E-state index in [4.69, 9.17) is 4.74 Å². The van der Waals surface area contributed by atoms with Gasteiger partial charge in [-0.1, -0.05) is 6.07 Å². The number of fused-ring (bicyclic) bond motifs is 1. The monoisotopic (exact) mass is 428 g/mol. The fraction of sp³-hybridized carbons (Fsp3) is 0.667. The lowest BCUT2D eigenvalue weighted by Crippen LogP contribution is -2.76. The number of rotatable bonds is 3. The fourth-order valence-electron chi connectivity index (χ4n) is 7.17. The molecule has 6 rings (SSSR count). The van der Waals surface area contributed by atoms with Crippen LogP contribution in [-0.4, -0.2) is 59.1 Å². The molecule has 1 amide bonds. The number of alkyl halides is 1. The number of benzene rings is 1. The maximum absolute atomic E-state index is 16.1. The largest absolute Gasteiger partial charge is 0.497 e. The van der Waals surface area contributed by atoms with Gasteiger partial charge in [-0.05, 0) is 74.2 Å². The van der Waals surface area contributed by atoms with Crippen LogP contribution in [0.15, 0.2) is 18.2 Å². The predicted octanol–water partition coefficient (Wildman–Crippen LogP) is 2.18. The van der Waals surface area contributed by atoms with Gasteiger partial charge in [0.15, 0.2) is 5.78 Å². The van der Waals surface area contributed by atoms with Gasteiger partial charge in [0.25, 0.3) is 0 Å². The summed E-state index contributed by atoms with van der Waals surface area (Å²) in [5.41, 5.74) is -1.72. The minimum atomic E-state index is -1.30. The second-order valence-corrected chi connectivity index (χ2v) is 10.4. The Morgan fingerprint density at radius 2 is 2.06 bits per heavy atom. The first-order valence-electron chi connectivity index (χ1n) is 11.5. The Hall–Kier alpha value is -1.99. The van der Waals surface area contributed by atoms with Crippen LogP contribution in [0, 0.1) is 5.92 Å². The molecule has 31 heavy (non-hydrogen) atoms. The zero-order valence-electron chi connectivity index (χ0n) is 17.8. The van der Waals surface area contributed by atoms with Crippen molar-refractivity contribution in [3.63, 3.8) is 0 Å². The molecule has 2 bridgehead atoms. The number of carbonyl (C=O) groups is 2. The maximum Gasteiger partial charge on any atom is 0.228 e. The molecule has 166 valence electrons. The number of carbonyl (C=O) groups excluding carboxylic acids is 2. The van der Waals surface area contributed by atoms with Crippen LogP contribution < -0.4 is 10.1 Å². The van der Waals surface area contributed by atoms with Crippen molar-refractivity contribution in [1.82, 2.24) is 10.2 Å². The van der Waals surface area contributed by atoms with Crippen LogP contribution in [0.25, 0.3) is 0 Å². The Bertz CT molecular complexity index is 980. The van der Waals surface area contributed by atoms with Gasteiger partial charge in [-0.15, -0.1) is 0 Å². The molecule has 3 aliphatic carbocycles. The first-order chi connectivity index (χ1) is 14.8. The third-order valence-electron chi connectivity index (χ3n) is 8.85. The highest BCUT2D eigenvalue weighted by Crippen LogP contribution is 2.64. The van der Waals surface area contributed by atoms with E-state index in [-0.39, 0.29) is 18.1 Å². The highest BCUT2D eigenvalue weighted by molar-refractivity contribution is 6.10. The molecule has 2 aliphatic heterocycles. The van der Waals surface area contributed by atoms with E-state index in [9.17, 15) is 14.7 Å². The highest BCUT2D eigenvalue weighted by atomic mass is 19.1. The summed E-state index contributed by atoms with van der Waals surface area (Å²) in [6.45, 7) is 1.49. The van der Waals surface area contributed by atoms with E-state index in [2.05, 4.69) is 10.2 Å². The van der Waals surface area contributed by atoms with Gasteiger partial charge in [0.1, 0.15) is 17.5 Å². The number of halogens is 1. The van der Waals surface area contributed by atoms with E-state index < -0.39 is 28.8 Å². The van der Waals surface area contributed by atoms with Crippen molar-refractivity contribution in [2.24, 2.45) is 5.92 Å². The molecule has 5 aliphatic rings. The van der Waals surface area contributed by atoms with Gasteiger partial charge in [0.05, 0.1) is 25.2 Å². The maximum atomic E-state index is 16.1. The summed E-state index contributed by atoms with van der Waals surface area (Å²) in [5, 5.41) is 15.2. The van der Waals surface area contributed by atoms with Crippen LogP contribution in [0.1, 0.15) is 62.2 Å². The Morgan fingerprint density at radius 3 is 2.74 bits per heavy atom. The number of nitrogens with one attached hydrogen (secondary N) is 1. The van der Waals surface area contributed by atoms with Gasteiger partial charge >= 0.3 is 0 Å². The van der Waals surface area contributed by atoms with Crippen LogP contribution >= 0.6 is 0 Å². The summed E-state index contributed by atoms with van der Waals surface area (Å²) in [5.74, 6) is 0.853. The Balaban J connectivity index is 1.53. The molecule has 0 radical (unpaired) electrons. The summed E-state index contributed by atoms with van der Waals surface area (Å²) in [4.78, 5) is 27.2. The minimum absolute atomic E-state index is 0.0993. The van der Waals surface area contributed by atoms with Gasteiger partial charge in [0, 0.05) is 12.0 Å². The molecular weight excluding hydrogens is 399 g/mol. The van der Waals surface area contributed by atoms with Gasteiger partial charge in [-0.2, -0.15) is 0 Å². The van der Waals surface area contributed by atoms with Crippen molar-refractivity contribution in [3.05, 3.63) is 29.3 Å². The second kappa shape index (κ2) is 6.29. The van der Waals surface area contributed by atoms with Crippen LogP contribution in [0.4, 0.5) is 4.39 Å². The van der Waals surface area contributed by atoms with Crippen molar-refractivity contribution in [3.8, 4) is 5.75 Å². The molecule has 2 saturated carbocycles. The lowest BCUT2D eigenvalue weighted by Gasteiger charge is -2.66. The molecular formula is C24H29FN2O4. The molecule has 6 nitrogen and oxygen atoms in total. The lowest BCUT2D eigenvalue weighted by molar-refractivity contribution is -0.198. The van der Waals surface area contributed by atoms with Crippen molar-refractivity contribution in [2.75, 3.05) is 20.2 Å². The van der Waals surface area contributed by atoms with E-state index in [1.165, 1.54) is 12.8 Å². The molecule has 7 heteroatoms. The number of piperidine rings is 1. The first-order valence-corrected chi connectivity index (χ1v) is 11.5. The summed E-state index contributed by atoms with van der Waals surface area (Å²) in [6, 6.07) is 4.77. The number of hydrogen-bond acceptors (Lipinski definition) is 5. The standard InChI is InChI=1S/C24H29FN2O4/c1-31-15-4-5-16-17(10-15)22-8-9-27(12-14-2-3-14)21(20(16)25)24(22,30)7-6-23(13-22)18(28)11-19(29)26-23/h4-5,10,14,20-21,30H,2-3,6-9,11-13H2,1H3,(H,26,29)/t20-,21-,22-,23+,24-/m1/s1. The smallest absolute Gasteiger partial charge is 0.228 e. The summed E-state index contributed by atoms with van der Waals surface area (Å²) >= 11 is 0. The van der Waals surface area contributed by atoms with Crippen LogP contribution in [0.2, 0.25) is 0 Å². The van der Waals surface area contributed by atoms with Crippen LogP contribution in [0.3, 0.4) is 0 Å². The highest BCUT2D eigenvalue weighted by Gasteiger charge is 2.71. The van der Waals surface area contributed by atoms with E-state index in [1.54, 1.807) is 19.2 Å². The molecule has 1 spiro atoms. The third-order valence-corrected chi connectivity index (χ3v) is 8.85. The van der Waals surface area contributed by atoms with E-state index in [0.29, 0.717) is 49.5 Å². The zero-order valence-corrected chi connectivity index (χ0v) is 17.8. The van der Waals surface area contributed by atoms with Crippen LogP contribution in [-0.2, 0) is 15.0 Å². The van der Waals surface area contributed by atoms with Crippen molar-refractivity contribution >= 4 is 11.7 Å². The molecule has 4 fully saturated rings. The number of amides is 1. The number of ether oxygens (including phenoxy) is 1. The number of nitrogens with zero attached hydrogens (tertiary/aromatic N) is 1. The number of likely N-dealkylation sites (tertiary alicyclic amines) is 1. The summed E-state index contributed by atoms with van der Waals surface area (Å²) < 4.78 is 21.6. The molecule has 1 aromatic rings. The molecule has 5 atom stereocenters. The minimum Gasteiger partial charge on any atom is -0.497 e. The number of methoxy groups -OCH3 is 1. The zero-order chi connectivity index (χ0) is 21.6. The molecule has 0 aromatic heterocycles. The summed E-state index contributed by atoms with van der Waals surface area (Å²) in [6.07, 6.45) is 2.52. The number of aliphatic hydroxyl groups is 1.